The average molecular weight is 312 g/mol. The minimum absolute atomic E-state index is 0.0367. The van der Waals surface area contributed by atoms with Crippen LogP contribution in [0.2, 0.25) is 0 Å². The molecule has 1 aromatic rings. The van der Waals surface area contributed by atoms with Crippen molar-refractivity contribution in [2.24, 2.45) is 0 Å². The van der Waals surface area contributed by atoms with Crippen LogP contribution in [-0.2, 0) is 4.74 Å². The Labute approximate surface area is 129 Å². The third kappa shape index (κ3) is 3.47. The van der Waals surface area contributed by atoms with E-state index in [0.717, 1.165) is 18.2 Å². The van der Waals surface area contributed by atoms with E-state index in [-0.39, 0.29) is 18.1 Å². The Morgan fingerprint density at radius 2 is 1.95 bits per heavy atom. The van der Waals surface area contributed by atoms with Crippen molar-refractivity contribution in [3.8, 4) is 0 Å². The van der Waals surface area contributed by atoms with Gasteiger partial charge in [0.1, 0.15) is 10.7 Å². The molecule has 1 aliphatic rings. The number of rotatable bonds is 4. The van der Waals surface area contributed by atoms with Gasteiger partial charge in [0.15, 0.2) is 5.13 Å². The van der Waals surface area contributed by atoms with E-state index in [4.69, 9.17) is 10.5 Å². The lowest BCUT2D eigenvalue weighted by Crippen LogP contribution is -2.48. The molecule has 6 nitrogen and oxygen atoms in total. The van der Waals surface area contributed by atoms with E-state index in [9.17, 15) is 4.79 Å². The van der Waals surface area contributed by atoms with Gasteiger partial charge in [-0.1, -0.05) is 11.3 Å². The Hall–Kier alpha value is -1.34. The fraction of sp³-hybridized carbons (Fsp3) is 0.714. The van der Waals surface area contributed by atoms with Crippen LogP contribution in [0.4, 0.5) is 10.9 Å². The number of hydrogen-bond acceptors (Lipinski definition) is 6. The number of carbonyl (C=O) groups excluding carboxylic acids is 1. The van der Waals surface area contributed by atoms with Crippen molar-refractivity contribution in [1.82, 2.24) is 9.88 Å². The van der Waals surface area contributed by atoms with Crippen LogP contribution >= 0.6 is 11.3 Å². The molecule has 1 amide bonds. The van der Waals surface area contributed by atoms with Crippen LogP contribution in [-0.4, -0.2) is 54.2 Å². The smallest absolute Gasteiger partial charge is 0.268 e. The zero-order valence-corrected chi connectivity index (χ0v) is 13.9. The molecule has 118 valence electrons. The summed E-state index contributed by atoms with van der Waals surface area (Å²) in [6.07, 6.45) is 0.100. The molecular formula is C14H24N4O2S. The van der Waals surface area contributed by atoms with Crippen LogP contribution in [0.5, 0.6) is 0 Å². The summed E-state index contributed by atoms with van der Waals surface area (Å²) in [6, 6.07) is 0. The Morgan fingerprint density at radius 1 is 1.38 bits per heavy atom. The molecule has 0 aromatic carbocycles. The number of hydrogen-bond donors (Lipinski definition) is 1. The highest BCUT2D eigenvalue weighted by Crippen LogP contribution is 2.29. The van der Waals surface area contributed by atoms with Crippen molar-refractivity contribution in [3.05, 3.63) is 4.88 Å². The predicted octanol–water partition coefficient (Wildman–Crippen LogP) is 1.82. The van der Waals surface area contributed by atoms with E-state index in [1.54, 1.807) is 0 Å². The maximum absolute atomic E-state index is 12.7. The van der Waals surface area contributed by atoms with Gasteiger partial charge < -0.3 is 20.3 Å². The van der Waals surface area contributed by atoms with E-state index < -0.39 is 0 Å². The highest BCUT2D eigenvalue weighted by atomic mass is 32.1. The van der Waals surface area contributed by atoms with Gasteiger partial charge in [0.05, 0.1) is 12.2 Å². The highest BCUT2D eigenvalue weighted by molar-refractivity contribution is 7.18. The second-order valence-corrected chi connectivity index (χ2v) is 6.33. The van der Waals surface area contributed by atoms with E-state index in [1.807, 2.05) is 18.7 Å². The maximum atomic E-state index is 12.7. The summed E-state index contributed by atoms with van der Waals surface area (Å²) in [5, 5.41) is 0.815. The summed E-state index contributed by atoms with van der Waals surface area (Å²) in [5.41, 5.74) is 5.96. The molecule has 0 spiro atoms. The van der Waals surface area contributed by atoms with E-state index in [0.29, 0.717) is 23.8 Å². The fourth-order valence-corrected chi connectivity index (χ4v) is 3.67. The molecule has 21 heavy (non-hydrogen) atoms. The van der Waals surface area contributed by atoms with Gasteiger partial charge in [-0.3, -0.25) is 4.79 Å². The number of aromatic nitrogens is 1. The molecule has 1 aliphatic heterocycles. The van der Waals surface area contributed by atoms with Crippen molar-refractivity contribution >= 4 is 28.2 Å². The van der Waals surface area contributed by atoms with Crippen LogP contribution in [0.1, 0.15) is 37.4 Å². The molecule has 1 fully saturated rings. The van der Waals surface area contributed by atoms with Crippen molar-refractivity contribution in [3.63, 3.8) is 0 Å². The van der Waals surface area contributed by atoms with Gasteiger partial charge >= 0.3 is 0 Å². The summed E-state index contributed by atoms with van der Waals surface area (Å²) in [4.78, 5) is 21.5. The molecule has 2 N–H and O–H groups in total. The lowest BCUT2D eigenvalue weighted by Gasteiger charge is -2.35. The number of amides is 1. The Kier molecular flexibility index (Phi) is 5.05. The number of nitrogens with zero attached hydrogens (tertiary/aromatic N) is 3. The molecule has 1 aromatic heterocycles. The predicted molar refractivity (Wildman–Crippen MR) is 86.0 cm³/mol. The number of thiazole rings is 1. The molecule has 2 rings (SSSR count). The van der Waals surface area contributed by atoms with Crippen molar-refractivity contribution in [2.75, 3.05) is 36.8 Å². The molecule has 0 radical (unpaired) electrons. The number of ether oxygens (including phenoxy) is 1. The van der Waals surface area contributed by atoms with Crippen molar-refractivity contribution in [2.45, 2.75) is 39.9 Å². The fourth-order valence-electron chi connectivity index (χ4n) is 2.59. The van der Waals surface area contributed by atoms with Gasteiger partial charge in [-0.05, 0) is 27.7 Å². The SMILES string of the molecule is CCN(CC)c1nc(N)c(C(=O)N2C[C@@H](C)O[C@@H](C)C2)s1. The number of nitrogen functional groups attached to an aromatic ring is 1. The standard InChI is InChI=1S/C14H24N4O2S/c1-5-17(6-2)14-16-12(15)11(21-14)13(19)18-7-9(3)20-10(4)8-18/h9-10H,5-8,15H2,1-4H3/t9-,10+. The molecule has 0 saturated carbocycles. The lowest BCUT2D eigenvalue weighted by molar-refractivity contribution is -0.0584. The highest BCUT2D eigenvalue weighted by Gasteiger charge is 2.29. The quantitative estimate of drug-likeness (QED) is 0.918. The minimum Gasteiger partial charge on any atom is -0.382 e. The Morgan fingerprint density at radius 3 is 2.48 bits per heavy atom. The summed E-state index contributed by atoms with van der Waals surface area (Å²) < 4.78 is 5.67. The molecule has 2 atom stereocenters. The molecule has 2 heterocycles. The van der Waals surface area contributed by atoms with Crippen molar-refractivity contribution < 1.29 is 9.53 Å². The van der Waals surface area contributed by atoms with Crippen LogP contribution in [0.3, 0.4) is 0 Å². The van der Waals surface area contributed by atoms with Crippen LogP contribution in [0, 0.1) is 0 Å². The maximum Gasteiger partial charge on any atom is 0.268 e. The van der Waals surface area contributed by atoms with E-state index in [1.165, 1.54) is 11.3 Å². The minimum atomic E-state index is -0.0367. The van der Waals surface area contributed by atoms with Crippen molar-refractivity contribution in [1.29, 1.82) is 0 Å². The molecule has 0 bridgehead atoms. The summed E-state index contributed by atoms with van der Waals surface area (Å²) >= 11 is 1.38. The average Bonchev–Trinajstić information content (AvgIpc) is 2.80. The molecule has 1 saturated heterocycles. The summed E-state index contributed by atoms with van der Waals surface area (Å²) in [7, 11) is 0. The number of carbonyl (C=O) groups is 1. The van der Waals surface area contributed by atoms with Gasteiger partial charge in [0.2, 0.25) is 0 Å². The van der Waals surface area contributed by atoms with Gasteiger partial charge in [-0.25, -0.2) is 4.98 Å². The monoisotopic (exact) mass is 312 g/mol. The Bertz CT molecular complexity index is 491. The van der Waals surface area contributed by atoms with Gasteiger partial charge in [-0.2, -0.15) is 0 Å². The zero-order valence-electron chi connectivity index (χ0n) is 13.1. The van der Waals surface area contributed by atoms with Gasteiger partial charge in [0.25, 0.3) is 5.91 Å². The summed E-state index contributed by atoms with van der Waals surface area (Å²) in [5.74, 6) is 0.295. The molecule has 7 heteroatoms. The van der Waals surface area contributed by atoms with Crippen LogP contribution < -0.4 is 10.6 Å². The number of anilines is 2. The first-order valence-corrected chi connectivity index (χ1v) is 8.23. The van der Waals surface area contributed by atoms with Crippen LogP contribution in [0.15, 0.2) is 0 Å². The number of nitrogens with two attached hydrogens (primary N) is 1. The normalized spacial score (nSPS) is 22.4. The number of morpholine rings is 1. The third-order valence-corrected chi connectivity index (χ3v) is 4.70. The van der Waals surface area contributed by atoms with Crippen LogP contribution in [0.25, 0.3) is 0 Å². The zero-order chi connectivity index (χ0) is 15.6. The second-order valence-electron chi connectivity index (χ2n) is 5.35. The molecule has 0 unspecified atom stereocenters. The molecule has 0 aliphatic carbocycles. The first kappa shape index (κ1) is 16.0. The van der Waals surface area contributed by atoms with E-state index >= 15 is 0 Å². The third-order valence-electron chi connectivity index (χ3n) is 3.58. The first-order valence-electron chi connectivity index (χ1n) is 7.42. The van der Waals surface area contributed by atoms with E-state index in [2.05, 4.69) is 23.7 Å². The first-order chi connectivity index (χ1) is 9.96. The van der Waals surface area contributed by atoms with Gasteiger partial charge in [0, 0.05) is 26.2 Å². The topological polar surface area (TPSA) is 71.7 Å². The Balaban J connectivity index is 2.19. The lowest BCUT2D eigenvalue weighted by atomic mass is 10.2. The molecular weight excluding hydrogens is 288 g/mol. The summed E-state index contributed by atoms with van der Waals surface area (Å²) in [6.45, 7) is 11.0. The largest absolute Gasteiger partial charge is 0.382 e. The van der Waals surface area contributed by atoms with Gasteiger partial charge in [-0.15, -0.1) is 0 Å². The second kappa shape index (κ2) is 6.62.